The molecule has 0 spiro atoms. The van der Waals surface area contributed by atoms with E-state index < -0.39 is 0 Å². The molecule has 1 aromatic carbocycles. The summed E-state index contributed by atoms with van der Waals surface area (Å²) in [6.07, 6.45) is 6.18. The highest BCUT2D eigenvalue weighted by Crippen LogP contribution is 2.20. The van der Waals surface area contributed by atoms with Crippen molar-refractivity contribution in [2.75, 3.05) is 11.9 Å². The fourth-order valence-corrected chi connectivity index (χ4v) is 2.93. The van der Waals surface area contributed by atoms with Crippen molar-refractivity contribution in [1.29, 1.82) is 0 Å². The summed E-state index contributed by atoms with van der Waals surface area (Å²) < 4.78 is 13.3. The number of anilines is 1. The van der Waals surface area contributed by atoms with Crippen molar-refractivity contribution in [2.45, 2.75) is 51.1 Å². The van der Waals surface area contributed by atoms with Crippen molar-refractivity contribution in [3.8, 4) is 0 Å². The molecule has 19 heavy (non-hydrogen) atoms. The van der Waals surface area contributed by atoms with E-state index in [1.165, 1.54) is 37.8 Å². The van der Waals surface area contributed by atoms with Crippen molar-refractivity contribution in [1.82, 2.24) is 5.32 Å². The summed E-state index contributed by atoms with van der Waals surface area (Å²) in [5.41, 5.74) is 0.756. The van der Waals surface area contributed by atoms with Crippen molar-refractivity contribution in [3.63, 3.8) is 0 Å². The molecule has 4 heteroatoms. The molecule has 0 amide bonds. The minimum atomic E-state index is -0.296. The summed E-state index contributed by atoms with van der Waals surface area (Å²) in [6, 6.07) is 5.44. The van der Waals surface area contributed by atoms with Crippen LogP contribution in [-0.4, -0.2) is 18.6 Å². The highest BCUT2D eigenvalue weighted by molar-refractivity contribution is 6.30. The average molecular weight is 285 g/mol. The van der Waals surface area contributed by atoms with Gasteiger partial charge in [-0.1, -0.05) is 24.4 Å². The standard InChI is InChI=1S/C15H22ClFN2/c1-11(7-14-5-3-2-4-6-18-14)19-15-9-12(16)8-13(17)10-15/h8-11,14,18-19H,2-7H2,1H3. The summed E-state index contributed by atoms with van der Waals surface area (Å²) in [6.45, 7) is 3.24. The van der Waals surface area contributed by atoms with Crippen molar-refractivity contribution in [2.24, 2.45) is 0 Å². The van der Waals surface area contributed by atoms with Gasteiger partial charge in [-0.05, 0) is 50.9 Å². The maximum Gasteiger partial charge on any atom is 0.126 e. The Morgan fingerprint density at radius 3 is 3.00 bits per heavy atom. The van der Waals surface area contributed by atoms with Gasteiger partial charge in [0.15, 0.2) is 0 Å². The maximum atomic E-state index is 13.3. The van der Waals surface area contributed by atoms with E-state index in [4.69, 9.17) is 11.6 Å². The van der Waals surface area contributed by atoms with Gasteiger partial charge in [0.1, 0.15) is 5.82 Å². The van der Waals surface area contributed by atoms with Crippen LogP contribution in [0.25, 0.3) is 0 Å². The summed E-state index contributed by atoms with van der Waals surface area (Å²) >= 11 is 5.85. The second-order valence-electron chi connectivity index (χ2n) is 5.44. The Morgan fingerprint density at radius 1 is 1.37 bits per heavy atom. The molecule has 2 N–H and O–H groups in total. The zero-order chi connectivity index (χ0) is 13.7. The number of benzene rings is 1. The predicted molar refractivity (Wildman–Crippen MR) is 79.4 cm³/mol. The van der Waals surface area contributed by atoms with Crippen molar-refractivity contribution in [3.05, 3.63) is 29.0 Å². The maximum absolute atomic E-state index is 13.3. The third kappa shape index (κ3) is 5.00. The molecule has 0 saturated carbocycles. The van der Waals surface area contributed by atoms with Crippen LogP contribution in [0.3, 0.4) is 0 Å². The lowest BCUT2D eigenvalue weighted by molar-refractivity contribution is 0.456. The lowest BCUT2D eigenvalue weighted by atomic mass is 10.0. The molecule has 2 rings (SSSR count). The monoisotopic (exact) mass is 284 g/mol. The molecule has 1 fully saturated rings. The average Bonchev–Trinajstić information content (AvgIpc) is 2.55. The highest BCUT2D eigenvalue weighted by Gasteiger charge is 2.15. The number of hydrogen-bond acceptors (Lipinski definition) is 2. The first-order chi connectivity index (χ1) is 9.13. The zero-order valence-corrected chi connectivity index (χ0v) is 12.1. The minimum Gasteiger partial charge on any atom is -0.382 e. The molecule has 1 heterocycles. The largest absolute Gasteiger partial charge is 0.382 e. The zero-order valence-electron chi connectivity index (χ0n) is 11.4. The SMILES string of the molecule is CC(CC1CCCCCN1)Nc1cc(F)cc(Cl)c1. The number of hydrogen-bond donors (Lipinski definition) is 2. The van der Waals surface area contributed by atoms with Gasteiger partial charge < -0.3 is 10.6 Å². The summed E-state index contributed by atoms with van der Waals surface area (Å²) in [7, 11) is 0. The molecule has 1 aliphatic rings. The number of rotatable bonds is 4. The first kappa shape index (κ1) is 14.6. The molecule has 2 atom stereocenters. The van der Waals surface area contributed by atoms with Gasteiger partial charge in [0.05, 0.1) is 0 Å². The van der Waals surface area contributed by atoms with Gasteiger partial charge in [0, 0.05) is 22.8 Å². The molecule has 2 nitrogen and oxygen atoms in total. The van der Waals surface area contributed by atoms with Crippen molar-refractivity contribution < 1.29 is 4.39 Å². The Kier molecular flexibility index (Phi) is 5.46. The molecule has 0 radical (unpaired) electrons. The smallest absolute Gasteiger partial charge is 0.126 e. The van der Waals surface area contributed by atoms with Crippen molar-refractivity contribution >= 4 is 17.3 Å². The highest BCUT2D eigenvalue weighted by atomic mass is 35.5. The molecule has 1 aromatic rings. The normalized spacial score (nSPS) is 21.7. The van der Waals surface area contributed by atoms with Crippen LogP contribution in [0.5, 0.6) is 0 Å². The predicted octanol–water partition coefficient (Wildman–Crippen LogP) is 4.20. The molecule has 2 unspecified atom stereocenters. The van der Waals surface area contributed by atoms with Gasteiger partial charge in [-0.2, -0.15) is 0 Å². The molecule has 0 bridgehead atoms. The van der Waals surface area contributed by atoms with Gasteiger partial charge in [0.2, 0.25) is 0 Å². The first-order valence-corrected chi connectivity index (χ1v) is 7.47. The van der Waals surface area contributed by atoms with Gasteiger partial charge in [-0.25, -0.2) is 4.39 Å². The van der Waals surface area contributed by atoms with Crippen LogP contribution in [0.1, 0.15) is 39.0 Å². The molecule has 106 valence electrons. The van der Waals surface area contributed by atoms with Crippen LogP contribution >= 0.6 is 11.6 Å². The quantitative estimate of drug-likeness (QED) is 0.866. The van der Waals surface area contributed by atoms with Gasteiger partial charge in [-0.3, -0.25) is 0 Å². The second-order valence-corrected chi connectivity index (χ2v) is 5.88. The van der Waals surface area contributed by atoms with E-state index in [-0.39, 0.29) is 5.82 Å². The van der Waals surface area contributed by atoms with E-state index >= 15 is 0 Å². The molecular formula is C15H22ClFN2. The molecule has 1 aliphatic heterocycles. The Balaban J connectivity index is 1.87. The number of halogens is 2. The van der Waals surface area contributed by atoms with Gasteiger partial charge in [-0.15, -0.1) is 0 Å². The fraction of sp³-hybridized carbons (Fsp3) is 0.600. The van der Waals surface area contributed by atoms with Crippen LogP contribution in [-0.2, 0) is 0 Å². The summed E-state index contributed by atoms with van der Waals surface area (Å²) in [4.78, 5) is 0. The Bertz CT molecular complexity index is 383. The molecule has 0 aromatic heterocycles. The Hall–Kier alpha value is -0.800. The topological polar surface area (TPSA) is 24.1 Å². The van der Waals surface area contributed by atoms with Crippen LogP contribution < -0.4 is 10.6 Å². The summed E-state index contributed by atoms with van der Waals surface area (Å²) in [5.74, 6) is -0.296. The third-order valence-electron chi connectivity index (χ3n) is 3.58. The van der Waals surface area contributed by atoms with Crippen LogP contribution in [0, 0.1) is 5.82 Å². The third-order valence-corrected chi connectivity index (χ3v) is 3.79. The molecular weight excluding hydrogens is 263 g/mol. The summed E-state index contributed by atoms with van der Waals surface area (Å²) in [5, 5.41) is 7.34. The van der Waals surface area contributed by atoms with Gasteiger partial charge in [0.25, 0.3) is 0 Å². The van der Waals surface area contributed by atoms with Crippen LogP contribution in [0.4, 0.5) is 10.1 Å². The first-order valence-electron chi connectivity index (χ1n) is 7.09. The fourth-order valence-electron chi connectivity index (χ4n) is 2.71. The van der Waals surface area contributed by atoms with E-state index in [1.54, 1.807) is 6.07 Å². The lowest BCUT2D eigenvalue weighted by Crippen LogP contribution is -2.33. The Morgan fingerprint density at radius 2 is 2.21 bits per heavy atom. The molecule has 0 aliphatic carbocycles. The van der Waals surface area contributed by atoms with E-state index in [2.05, 4.69) is 17.6 Å². The van der Waals surface area contributed by atoms with Crippen LogP contribution in [0.2, 0.25) is 5.02 Å². The van der Waals surface area contributed by atoms with Crippen LogP contribution in [0.15, 0.2) is 18.2 Å². The van der Waals surface area contributed by atoms with E-state index in [1.807, 2.05) is 0 Å². The van der Waals surface area contributed by atoms with E-state index in [0.717, 1.165) is 18.7 Å². The number of nitrogens with one attached hydrogen (secondary N) is 2. The molecule has 1 saturated heterocycles. The second kappa shape index (κ2) is 7.11. The lowest BCUT2D eigenvalue weighted by Gasteiger charge is -2.22. The van der Waals surface area contributed by atoms with E-state index in [9.17, 15) is 4.39 Å². The Labute approximate surface area is 119 Å². The van der Waals surface area contributed by atoms with Gasteiger partial charge >= 0.3 is 0 Å². The van der Waals surface area contributed by atoms with E-state index in [0.29, 0.717) is 17.1 Å². The minimum absolute atomic E-state index is 0.296.